The van der Waals surface area contributed by atoms with Gasteiger partial charge in [0.1, 0.15) is 23.8 Å². The van der Waals surface area contributed by atoms with Crippen LogP contribution in [0, 0.1) is 17.7 Å². The van der Waals surface area contributed by atoms with E-state index in [1.807, 2.05) is 0 Å². The van der Waals surface area contributed by atoms with Crippen LogP contribution in [0.3, 0.4) is 0 Å². The van der Waals surface area contributed by atoms with E-state index in [0.717, 1.165) is 17.0 Å². The Kier molecular flexibility index (Phi) is 7.43. The predicted octanol–water partition coefficient (Wildman–Crippen LogP) is 4.79. The number of aromatic nitrogens is 1. The lowest BCUT2D eigenvalue weighted by Crippen LogP contribution is -2.41. The maximum atomic E-state index is 13.2. The molecular weight excluding hydrogens is 378 g/mol. The summed E-state index contributed by atoms with van der Waals surface area (Å²) in [6, 6.07) is 9.81. The largest absolute Gasteiger partial charge is 0.443 e. The van der Waals surface area contributed by atoms with Gasteiger partial charge in [-0.2, -0.15) is 0 Å². The summed E-state index contributed by atoms with van der Waals surface area (Å²) in [6.07, 6.45) is -0.757. The van der Waals surface area contributed by atoms with Crippen LogP contribution in [0.25, 0.3) is 0 Å². The van der Waals surface area contributed by atoms with E-state index < -0.39 is 30.1 Å². The number of amides is 2. The first-order valence-electron chi connectivity index (χ1n) is 9.02. The molecule has 0 radical (unpaired) electrons. The summed E-state index contributed by atoms with van der Waals surface area (Å²) >= 11 is 0. The molecule has 2 amide bonds. The quantitative estimate of drug-likeness (QED) is 0.693. The van der Waals surface area contributed by atoms with Crippen molar-refractivity contribution in [3.8, 4) is 11.8 Å². The summed E-state index contributed by atoms with van der Waals surface area (Å²) in [6.45, 7) is 4.36. The molecule has 0 spiro atoms. The molecule has 5 nitrogen and oxygen atoms in total. The lowest BCUT2D eigenvalue weighted by Gasteiger charge is -2.26. The number of carbonyl (C=O) groups is 2. The highest BCUT2D eigenvalue weighted by molar-refractivity contribution is 6.12. The molecule has 0 unspecified atom stereocenters. The van der Waals surface area contributed by atoms with Crippen molar-refractivity contribution in [1.82, 2.24) is 4.98 Å². The average molecular weight is 400 g/mol. The van der Waals surface area contributed by atoms with Crippen LogP contribution in [0.15, 0.2) is 42.5 Å². The molecule has 0 aliphatic carbocycles. The minimum Gasteiger partial charge on any atom is -0.443 e. The Balaban J connectivity index is 2.12. The number of imide groups is 1. The molecule has 2 rings (SSSR count). The van der Waals surface area contributed by atoms with Crippen molar-refractivity contribution in [1.29, 1.82) is 0 Å². The minimum absolute atomic E-state index is 0.0631. The molecule has 0 saturated carbocycles. The number of rotatable bonds is 4. The number of carbonyl (C=O) groups excluding carboxylic acids is 2. The first kappa shape index (κ1) is 22.0. The van der Waals surface area contributed by atoms with Gasteiger partial charge < -0.3 is 4.74 Å². The third-order valence-corrected chi connectivity index (χ3v) is 3.53. The molecule has 1 heterocycles. The molecule has 2 aromatic rings. The molecule has 0 atom stereocenters. The van der Waals surface area contributed by atoms with Gasteiger partial charge in [0.25, 0.3) is 0 Å². The normalized spacial score (nSPS) is 10.7. The van der Waals surface area contributed by atoms with E-state index >= 15 is 0 Å². The van der Waals surface area contributed by atoms with Gasteiger partial charge in [0.05, 0.1) is 11.4 Å². The van der Waals surface area contributed by atoms with Gasteiger partial charge in [0, 0.05) is 12.8 Å². The number of pyridine rings is 1. The first-order chi connectivity index (χ1) is 13.7. The van der Waals surface area contributed by atoms with Gasteiger partial charge >= 0.3 is 6.09 Å². The van der Waals surface area contributed by atoms with Crippen LogP contribution < -0.4 is 4.90 Å². The maximum Gasteiger partial charge on any atom is 0.421 e. The summed E-state index contributed by atoms with van der Waals surface area (Å²) in [7, 11) is 0. The van der Waals surface area contributed by atoms with Crippen molar-refractivity contribution < 1.29 is 23.1 Å². The Labute approximate surface area is 168 Å². The van der Waals surface area contributed by atoms with Crippen LogP contribution in [-0.2, 0) is 16.2 Å². The predicted molar refractivity (Wildman–Crippen MR) is 105 cm³/mol. The number of hydrogen-bond acceptors (Lipinski definition) is 4. The topological polar surface area (TPSA) is 59.5 Å². The maximum absolute atomic E-state index is 13.2. The number of halogens is 2. The van der Waals surface area contributed by atoms with Crippen molar-refractivity contribution in [3.05, 3.63) is 59.7 Å². The second kappa shape index (κ2) is 9.78. The third kappa shape index (κ3) is 7.00. The van der Waals surface area contributed by atoms with Gasteiger partial charge in [-0.15, -0.1) is 0 Å². The van der Waals surface area contributed by atoms with E-state index in [9.17, 15) is 18.4 Å². The van der Waals surface area contributed by atoms with Gasteiger partial charge in [-0.3, -0.25) is 4.79 Å². The molecule has 0 aliphatic heterocycles. The van der Waals surface area contributed by atoms with Gasteiger partial charge in [-0.05, 0) is 63.1 Å². The van der Waals surface area contributed by atoms with Gasteiger partial charge in [0.15, 0.2) is 0 Å². The smallest absolute Gasteiger partial charge is 0.421 e. The van der Waals surface area contributed by atoms with Gasteiger partial charge in [-0.1, -0.05) is 12.0 Å². The first-order valence-corrected chi connectivity index (χ1v) is 9.02. The fraction of sp³-hybridized carbons (Fsp3) is 0.318. The van der Waals surface area contributed by atoms with Crippen molar-refractivity contribution in [2.24, 2.45) is 0 Å². The van der Waals surface area contributed by atoms with Crippen molar-refractivity contribution in [2.45, 2.75) is 45.9 Å². The van der Waals surface area contributed by atoms with Gasteiger partial charge in [0.2, 0.25) is 5.91 Å². The lowest BCUT2D eigenvalue weighted by atomic mass is 10.2. The number of benzene rings is 1. The summed E-state index contributed by atoms with van der Waals surface area (Å²) < 4.78 is 31.2. The molecule has 152 valence electrons. The molecule has 0 fully saturated rings. The lowest BCUT2D eigenvalue weighted by molar-refractivity contribution is -0.118. The highest BCUT2D eigenvalue weighted by Crippen LogP contribution is 2.20. The molecular formula is C22H22F2N2O3. The Bertz CT molecular complexity index is 926. The molecule has 0 bridgehead atoms. The van der Waals surface area contributed by atoms with Crippen molar-refractivity contribution >= 4 is 17.7 Å². The molecule has 0 N–H and O–H groups in total. The molecule has 29 heavy (non-hydrogen) atoms. The number of hydrogen-bond donors (Lipinski definition) is 0. The van der Waals surface area contributed by atoms with Gasteiger partial charge in [-0.25, -0.2) is 23.5 Å². The molecule has 0 aliphatic rings. The summed E-state index contributed by atoms with van der Waals surface area (Å²) in [5, 5.41) is 0. The fourth-order valence-corrected chi connectivity index (χ4v) is 2.31. The second-order valence-electron chi connectivity index (χ2n) is 7.14. The SMILES string of the molecule is CC(C)(C)OC(=O)N(C(=O)CCC#Cc1cccc(CF)n1)c1ccc(F)cc1. The highest BCUT2D eigenvalue weighted by atomic mass is 19.1. The number of ether oxygens (including phenoxy) is 1. The minimum atomic E-state index is -0.848. The van der Waals surface area contributed by atoms with E-state index in [2.05, 4.69) is 16.8 Å². The summed E-state index contributed by atoms with van der Waals surface area (Å²) in [5.74, 6) is 4.53. The van der Waals surface area contributed by atoms with E-state index in [4.69, 9.17) is 4.74 Å². The Morgan fingerprint density at radius 3 is 2.45 bits per heavy atom. The van der Waals surface area contributed by atoms with E-state index in [0.29, 0.717) is 5.69 Å². The summed E-state index contributed by atoms with van der Waals surface area (Å²) in [4.78, 5) is 30.1. The number of nitrogens with zero attached hydrogens (tertiary/aromatic N) is 2. The molecule has 1 aromatic carbocycles. The highest BCUT2D eigenvalue weighted by Gasteiger charge is 2.28. The zero-order valence-corrected chi connectivity index (χ0v) is 16.5. The Hall–Kier alpha value is -3.27. The van der Waals surface area contributed by atoms with Crippen molar-refractivity contribution in [3.63, 3.8) is 0 Å². The zero-order valence-electron chi connectivity index (χ0n) is 16.5. The third-order valence-electron chi connectivity index (χ3n) is 3.53. The Morgan fingerprint density at radius 2 is 1.83 bits per heavy atom. The van der Waals surface area contributed by atoms with Crippen LogP contribution in [0.4, 0.5) is 19.3 Å². The zero-order chi connectivity index (χ0) is 21.4. The average Bonchev–Trinajstić information content (AvgIpc) is 2.66. The van der Waals surface area contributed by atoms with Crippen LogP contribution >= 0.6 is 0 Å². The second-order valence-corrected chi connectivity index (χ2v) is 7.14. The molecule has 1 aromatic heterocycles. The fourth-order valence-electron chi connectivity index (χ4n) is 2.31. The number of alkyl halides is 1. The van der Waals surface area contributed by atoms with E-state index in [1.54, 1.807) is 39.0 Å². The van der Waals surface area contributed by atoms with E-state index in [1.165, 1.54) is 12.1 Å². The van der Waals surface area contributed by atoms with Crippen LogP contribution in [0.2, 0.25) is 0 Å². The standard InChI is InChI=1S/C22H22F2N2O3/c1-22(2,3)29-21(28)26(19-13-11-16(24)12-14-19)20(27)10-5-4-7-17-8-6-9-18(15-23)25-17/h6,8-9,11-14H,5,10,15H2,1-3H3. The molecule has 7 heteroatoms. The molecule has 0 saturated heterocycles. The Morgan fingerprint density at radius 1 is 1.14 bits per heavy atom. The van der Waals surface area contributed by atoms with E-state index in [-0.39, 0.29) is 24.2 Å². The monoisotopic (exact) mass is 400 g/mol. The van der Waals surface area contributed by atoms with Crippen LogP contribution in [-0.4, -0.2) is 22.6 Å². The number of anilines is 1. The van der Waals surface area contributed by atoms with Crippen LogP contribution in [0.1, 0.15) is 45.0 Å². The van der Waals surface area contributed by atoms with Crippen LogP contribution in [0.5, 0.6) is 0 Å². The van der Waals surface area contributed by atoms with Crippen molar-refractivity contribution in [2.75, 3.05) is 4.90 Å². The summed E-state index contributed by atoms with van der Waals surface area (Å²) in [5.41, 5.74) is 0.0779.